The standard InChI is InChI=1S/C6Br2ClF3/c7-1-2(8)4(10)6(12)5(11)3(1)9. The fourth-order valence-corrected chi connectivity index (χ4v) is 1.59. The third-order valence-corrected chi connectivity index (χ3v) is 3.81. The Labute approximate surface area is 88.0 Å². The Morgan fingerprint density at radius 2 is 1.33 bits per heavy atom. The van der Waals surface area contributed by atoms with Crippen LogP contribution in [0.4, 0.5) is 13.2 Å². The molecule has 0 bridgehead atoms. The SMILES string of the molecule is Fc1c(F)c(Cl)c(Br)c(Br)c1F. The zero-order chi connectivity index (χ0) is 9.46. The van der Waals surface area contributed by atoms with E-state index >= 15 is 0 Å². The van der Waals surface area contributed by atoms with Gasteiger partial charge in [-0.2, -0.15) is 0 Å². The lowest BCUT2D eigenvalue weighted by Crippen LogP contribution is -1.94. The van der Waals surface area contributed by atoms with Gasteiger partial charge >= 0.3 is 0 Å². The summed E-state index contributed by atoms with van der Waals surface area (Å²) in [5, 5.41) is -0.485. The van der Waals surface area contributed by atoms with Crippen molar-refractivity contribution in [3.05, 3.63) is 31.4 Å². The topological polar surface area (TPSA) is 0 Å². The van der Waals surface area contributed by atoms with E-state index < -0.39 is 22.5 Å². The second kappa shape index (κ2) is 3.55. The Balaban J connectivity index is 3.60. The van der Waals surface area contributed by atoms with E-state index in [2.05, 4.69) is 31.9 Å². The Kier molecular flexibility index (Phi) is 3.06. The molecule has 0 N–H and O–H groups in total. The molecule has 0 fully saturated rings. The van der Waals surface area contributed by atoms with E-state index in [4.69, 9.17) is 11.6 Å². The molecule has 0 nitrogen and oxygen atoms in total. The molecule has 1 aromatic carbocycles. The van der Waals surface area contributed by atoms with Gasteiger partial charge in [0.15, 0.2) is 17.5 Å². The highest BCUT2D eigenvalue weighted by Gasteiger charge is 2.20. The van der Waals surface area contributed by atoms with Gasteiger partial charge in [-0.25, -0.2) is 13.2 Å². The lowest BCUT2D eigenvalue weighted by Gasteiger charge is -2.03. The van der Waals surface area contributed by atoms with Crippen LogP contribution < -0.4 is 0 Å². The molecule has 0 saturated heterocycles. The van der Waals surface area contributed by atoms with Crippen molar-refractivity contribution >= 4 is 43.5 Å². The Bertz CT molecular complexity index is 235. The summed E-state index contributed by atoms with van der Waals surface area (Å²) in [6.45, 7) is 0. The molecule has 0 amide bonds. The molecule has 0 saturated carbocycles. The number of halogens is 6. The van der Waals surface area contributed by atoms with Gasteiger partial charge < -0.3 is 0 Å². The van der Waals surface area contributed by atoms with Crippen LogP contribution in [0.15, 0.2) is 8.95 Å². The Hall–Kier alpha value is 0.260. The van der Waals surface area contributed by atoms with Crippen LogP contribution in [0, 0.1) is 17.5 Å². The van der Waals surface area contributed by atoms with Gasteiger partial charge in [0, 0.05) is 0 Å². The normalized spacial score (nSPS) is 10.5. The highest BCUT2D eigenvalue weighted by atomic mass is 79.9. The van der Waals surface area contributed by atoms with Gasteiger partial charge in [0.05, 0.1) is 14.0 Å². The van der Waals surface area contributed by atoms with Crippen molar-refractivity contribution in [1.29, 1.82) is 0 Å². The van der Waals surface area contributed by atoms with Crippen LogP contribution >= 0.6 is 43.5 Å². The second-order valence-corrected chi connectivity index (χ2v) is 3.85. The molecule has 6 heteroatoms. The van der Waals surface area contributed by atoms with Crippen molar-refractivity contribution in [2.45, 2.75) is 0 Å². The highest BCUT2D eigenvalue weighted by Crippen LogP contribution is 2.36. The fourth-order valence-electron chi connectivity index (χ4n) is 0.578. The second-order valence-electron chi connectivity index (χ2n) is 1.88. The maximum atomic E-state index is 12.7. The van der Waals surface area contributed by atoms with Crippen molar-refractivity contribution in [3.8, 4) is 0 Å². The molecule has 0 atom stereocenters. The summed E-state index contributed by atoms with van der Waals surface area (Å²) in [4.78, 5) is 0. The van der Waals surface area contributed by atoms with Crippen molar-refractivity contribution in [1.82, 2.24) is 0 Å². The summed E-state index contributed by atoms with van der Waals surface area (Å²) in [6, 6.07) is 0. The van der Waals surface area contributed by atoms with Crippen LogP contribution in [0.3, 0.4) is 0 Å². The van der Waals surface area contributed by atoms with Gasteiger partial charge in [-0.05, 0) is 31.9 Å². The molecule has 0 heterocycles. The zero-order valence-corrected chi connectivity index (χ0v) is 9.20. The summed E-state index contributed by atoms with van der Waals surface area (Å²) < 4.78 is 37.6. The van der Waals surface area contributed by atoms with Gasteiger partial charge in [-0.3, -0.25) is 0 Å². The summed E-state index contributed by atoms with van der Waals surface area (Å²) in [5.74, 6) is -4.29. The minimum atomic E-state index is -1.59. The zero-order valence-electron chi connectivity index (χ0n) is 5.27. The molecule has 0 aromatic heterocycles. The molecule has 1 aromatic rings. The molecule has 0 radical (unpaired) electrons. The Morgan fingerprint density at radius 1 is 0.833 bits per heavy atom. The van der Waals surface area contributed by atoms with E-state index in [1.54, 1.807) is 0 Å². The van der Waals surface area contributed by atoms with Crippen LogP contribution in [0.2, 0.25) is 5.02 Å². The fraction of sp³-hybridized carbons (Fsp3) is 0. The van der Waals surface area contributed by atoms with Crippen LogP contribution in [-0.4, -0.2) is 0 Å². The number of hydrogen-bond acceptors (Lipinski definition) is 0. The summed E-state index contributed by atoms with van der Waals surface area (Å²) >= 11 is 10.8. The lowest BCUT2D eigenvalue weighted by atomic mass is 10.3. The average Bonchev–Trinajstić information content (AvgIpc) is 2.08. The molecule has 0 unspecified atom stereocenters. The van der Waals surface area contributed by atoms with Crippen LogP contribution in [0.1, 0.15) is 0 Å². The average molecular weight is 324 g/mol. The lowest BCUT2D eigenvalue weighted by molar-refractivity contribution is 0.443. The molecular formula is C6Br2ClF3. The minimum absolute atomic E-state index is 0.0411. The van der Waals surface area contributed by atoms with E-state index in [1.165, 1.54) is 0 Å². The van der Waals surface area contributed by atoms with Crippen molar-refractivity contribution < 1.29 is 13.2 Å². The minimum Gasteiger partial charge on any atom is -0.202 e. The monoisotopic (exact) mass is 322 g/mol. The van der Waals surface area contributed by atoms with E-state index in [-0.39, 0.29) is 8.95 Å². The predicted octanol–water partition coefficient (Wildman–Crippen LogP) is 4.28. The van der Waals surface area contributed by atoms with Crippen LogP contribution in [-0.2, 0) is 0 Å². The van der Waals surface area contributed by atoms with Crippen LogP contribution in [0.25, 0.3) is 0 Å². The van der Waals surface area contributed by atoms with Gasteiger partial charge in [0.2, 0.25) is 0 Å². The third kappa shape index (κ3) is 1.49. The van der Waals surface area contributed by atoms with Gasteiger partial charge in [-0.1, -0.05) is 11.6 Å². The molecule has 0 spiro atoms. The van der Waals surface area contributed by atoms with E-state index in [1.807, 2.05) is 0 Å². The molecule has 0 aliphatic carbocycles. The first kappa shape index (κ1) is 10.3. The molecular weight excluding hydrogens is 324 g/mol. The molecule has 66 valence electrons. The third-order valence-electron chi connectivity index (χ3n) is 1.16. The Morgan fingerprint density at radius 3 is 1.83 bits per heavy atom. The molecule has 0 aliphatic heterocycles. The van der Waals surface area contributed by atoms with Crippen molar-refractivity contribution in [3.63, 3.8) is 0 Å². The van der Waals surface area contributed by atoms with Crippen LogP contribution in [0.5, 0.6) is 0 Å². The summed E-state index contributed by atoms with van der Waals surface area (Å²) in [6.07, 6.45) is 0. The van der Waals surface area contributed by atoms with Crippen molar-refractivity contribution in [2.24, 2.45) is 0 Å². The highest BCUT2D eigenvalue weighted by molar-refractivity contribution is 9.13. The molecule has 0 aliphatic rings. The van der Waals surface area contributed by atoms with E-state index in [9.17, 15) is 13.2 Å². The number of hydrogen-bond donors (Lipinski definition) is 0. The largest absolute Gasteiger partial charge is 0.202 e. The first-order chi connectivity index (χ1) is 5.46. The van der Waals surface area contributed by atoms with Gasteiger partial charge in [0.1, 0.15) is 0 Å². The van der Waals surface area contributed by atoms with E-state index in [0.717, 1.165) is 0 Å². The maximum absolute atomic E-state index is 12.7. The van der Waals surface area contributed by atoms with E-state index in [0.29, 0.717) is 0 Å². The number of rotatable bonds is 0. The molecule has 1 rings (SSSR count). The first-order valence-electron chi connectivity index (χ1n) is 2.63. The van der Waals surface area contributed by atoms with Gasteiger partial charge in [-0.15, -0.1) is 0 Å². The first-order valence-corrected chi connectivity index (χ1v) is 4.60. The molecule has 12 heavy (non-hydrogen) atoms. The maximum Gasteiger partial charge on any atom is 0.197 e. The summed E-state index contributed by atoms with van der Waals surface area (Å²) in [5.41, 5.74) is 0. The van der Waals surface area contributed by atoms with Crippen molar-refractivity contribution in [2.75, 3.05) is 0 Å². The smallest absolute Gasteiger partial charge is 0.197 e. The summed E-state index contributed by atoms with van der Waals surface area (Å²) in [7, 11) is 0. The quantitative estimate of drug-likeness (QED) is 0.493. The van der Waals surface area contributed by atoms with Gasteiger partial charge in [0.25, 0.3) is 0 Å². The number of benzene rings is 1. The predicted molar refractivity (Wildman–Crippen MR) is 46.7 cm³/mol.